The van der Waals surface area contributed by atoms with Crippen molar-refractivity contribution in [1.82, 2.24) is 24.8 Å². The second-order valence-electron chi connectivity index (χ2n) is 3.57. The van der Waals surface area contributed by atoms with Crippen LogP contribution in [-0.4, -0.2) is 24.8 Å². The van der Waals surface area contributed by atoms with Gasteiger partial charge in [0.15, 0.2) is 5.82 Å². The van der Waals surface area contributed by atoms with Crippen LogP contribution < -0.4 is 5.56 Å². The summed E-state index contributed by atoms with van der Waals surface area (Å²) in [4.78, 5) is 12.7. The molecule has 0 aliphatic carbocycles. The second kappa shape index (κ2) is 4.24. The van der Waals surface area contributed by atoms with E-state index in [2.05, 4.69) is 15.4 Å². The Morgan fingerprint density at radius 1 is 1.39 bits per heavy atom. The molecule has 2 aromatic rings. The molecule has 0 bridgehead atoms. The molecule has 0 spiro atoms. The zero-order chi connectivity index (χ0) is 13.3. The van der Waals surface area contributed by atoms with E-state index in [1.807, 2.05) is 0 Å². The number of hydrogen-bond donors (Lipinski definition) is 0. The molecule has 0 unspecified atom stereocenters. The number of rotatable bonds is 2. The molecule has 0 aromatic carbocycles. The van der Waals surface area contributed by atoms with Crippen LogP contribution in [0.5, 0.6) is 0 Å². The fraction of sp³-hybridized carbons (Fsp3) is 0.333. The van der Waals surface area contributed by atoms with E-state index in [1.165, 1.54) is 4.80 Å². The Kier molecular flexibility index (Phi) is 2.89. The summed E-state index contributed by atoms with van der Waals surface area (Å²) in [5, 5.41) is 11.0. The fourth-order valence-electron chi connectivity index (χ4n) is 1.35. The highest BCUT2D eigenvalue weighted by atomic mass is 19.4. The van der Waals surface area contributed by atoms with Gasteiger partial charge in [0.05, 0.1) is 19.2 Å². The fourth-order valence-corrected chi connectivity index (χ4v) is 1.35. The van der Waals surface area contributed by atoms with Gasteiger partial charge in [-0.15, -0.1) is 10.2 Å². The van der Waals surface area contributed by atoms with Crippen molar-refractivity contribution in [3.63, 3.8) is 0 Å². The average molecular weight is 259 g/mol. The van der Waals surface area contributed by atoms with E-state index < -0.39 is 17.3 Å². The van der Waals surface area contributed by atoms with Crippen molar-refractivity contribution >= 4 is 0 Å². The molecule has 2 rings (SSSR count). The molecule has 2 heterocycles. The molecule has 0 fully saturated rings. The van der Waals surface area contributed by atoms with Crippen LogP contribution in [0.2, 0.25) is 0 Å². The number of hydrogen-bond acceptors (Lipinski definition) is 4. The van der Waals surface area contributed by atoms with Gasteiger partial charge in [-0.25, -0.2) is 0 Å². The van der Waals surface area contributed by atoms with Crippen LogP contribution in [0, 0.1) is 0 Å². The lowest BCUT2D eigenvalue weighted by molar-refractivity contribution is -0.137. The zero-order valence-electron chi connectivity index (χ0n) is 9.22. The first-order valence-corrected chi connectivity index (χ1v) is 4.87. The van der Waals surface area contributed by atoms with Gasteiger partial charge in [-0.3, -0.25) is 4.79 Å². The van der Waals surface area contributed by atoms with Crippen molar-refractivity contribution in [1.29, 1.82) is 0 Å². The zero-order valence-corrected chi connectivity index (χ0v) is 9.22. The van der Waals surface area contributed by atoms with Gasteiger partial charge in [0.2, 0.25) is 0 Å². The number of aromatic nitrogens is 5. The van der Waals surface area contributed by atoms with Crippen LogP contribution in [0.25, 0.3) is 0 Å². The van der Waals surface area contributed by atoms with Crippen LogP contribution in [-0.2, 0) is 19.8 Å². The van der Waals surface area contributed by atoms with Crippen LogP contribution in [0.15, 0.2) is 23.1 Å². The molecule has 6 nitrogen and oxygen atoms in total. The van der Waals surface area contributed by atoms with Crippen molar-refractivity contribution in [2.24, 2.45) is 7.05 Å². The molecule has 0 atom stereocenters. The number of tetrazole rings is 1. The largest absolute Gasteiger partial charge is 0.416 e. The van der Waals surface area contributed by atoms with E-state index in [0.717, 1.165) is 16.8 Å². The third-order valence-corrected chi connectivity index (χ3v) is 2.18. The Morgan fingerprint density at radius 3 is 2.61 bits per heavy atom. The van der Waals surface area contributed by atoms with E-state index in [-0.39, 0.29) is 12.4 Å². The van der Waals surface area contributed by atoms with E-state index >= 15 is 0 Å². The SMILES string of the molecule is Cn1nnc(Cn2ccc(C(F)(F)F)cc2=O)n1. The van der Waals surface area contributed by atoms with Crippen molar-refractivity contribution in [2.45, 2.75) is 12.7 Å². The molecular weight excluding hydrogens is 251 g/mol. The third-order valence-electron chi connectivity index (χ3n) is 2.18. The highest BCUT2D eigenvalue weighted by molar-refractivity contribution is 5.14. The summed E-state index contributed by atoms with van der Waals surface area (Å²) in [5.41, 5.74) is -1.74. The smallest absolute Gasteiger partial charge is 0.308 e. The lowest BCUT2D eigenvalue weighted by atomic mass is 10.2. The highest BCUT2D eigenvalue weighted by Crippen LogP contribution is 2.27. The molecule has 9 heteroatoms. The maximum Gasteiger partial charge on any atom is 0.416 e. The monoisotopic (exact) mass is 259 g/mol. The average Bonchev–Trinajstić information content (AvgIpc) is 2.65. The minimum Gasteiger partial charge on any atom is -0.308 e. The molecule has 0 N–H and O–H groups in total. The lowest BCUT2D eigenvalue weighted by Crippen LogP contribution is -2.22. The van der Waals surface area contributed by atoms with Gasteiger partial charge in [0.1, 0.15) is 0 Å². The van der Waals surface area contributed by atoms with Crippen molar-refractivity contribution < 1.29 is 13.2 Å². The Balaban J connectivity index is 2.28. The number of alkyl halides is 3. The van der Waals surface area contributed by atoms with Crippen molar-refractivity contribution in [2.75, 3.05) is 0 Å². The van der Waals surface area contributed by atoms with Gasteiger partial charge < -0.3 is 4.57 Å². The summed E-state index contributed by atoms with van der Waals surface area (Å²) in [5.74, 6) is 0.249. The van der Waals surface area contributed by atoms with Crippen molar-refractivity contribution in [3.05, 3.63) is 40.1 Å². The quantitative estimate of drug-likeness (QED) is 0.785. The molecule has 0 amide bonds. The summed E-state index contributed by atoms with van der Waals surface area (Å²) >= 11 is 0. The predicted octanol–water partition coefficient (Wildman–Crippen LogP) is 0.439. The van der Waals surface area contributed by atoms with Gasteiger partial charge in [0, 0.05) is 12.3 Å². The topological polar surface area (TPSA) is 65.6 Å². The minimum absolute atomic E-state index is 0.0230. The summed E-state index contributed by atoms with van der Waals surface area (Å²) in [6.45, 7) is -0.0230. The van der Waals surface area contributed by atoms with Gasteiger partial charge in [-0.2, -0.15) is 18.0 Å². The maximum atomic E-state index is 12.3. The number of aryl methyl sites for hydroxylation is 1. The Labute approximate surface area is 98.7 Å². The first kappa shape index (κ1) is 12.3. The number of halogens is 3. The first-order chi connectivity index (χ1) is 8.36. The molecule has 0 aliphatic rings. The number of pyridine rings is 1. The molecule has 2 aromatic heterocycles. The molecule has 0 radical (unpaired) electrons. The van der Waals surface area contributed by atoms with Crippen LogP contribution in [0.4, 0.5) is 13.2 Å². The summed E-state index contributed by atoms with van der Waals surface area (Å²) < 4.78 is 38.1. The normalized spacial score (nSPS) is 11.8. The Morgan fingerprint density at radius 2 is 2.11 bits per heavy atom. The molecule has 0 aliphatic heterocycles. The van der Waals surface area contributed by atoms with Gasteiger partial charge in [0.25, 0.3) is 5.56 Å². The molecular formula is C9H8F3N5O. The van der Waals surface area contributed by atoms with Gasteiger partial charge >= 0.3 is 6.18 Å². The van der Waals surface area contributed by atoms with Crippen LogP contribution in [0.1, 0.15) is 11.4 Å². The molecule has 96 valence electrons. The highest BCUT2D eigenvalue weighted by Gasteiger charge is 2.30. The van der Waals surface area contributed by atoms with Crippen LogP contribution in [0.3, 0.4) is 0 Å². The standard InChI is InChI=1S/C9H8F3N5O/c1-16-14-7(13-15-16)5-17-3-2-6(4-8(17)18)9(10,11)12/h2-4H,5H2,1H3. The predicted molar refractivity (Wildman–Crippen MR) is 53.6 cm³/mol. The van der Waals surface area contributed by atoms with Gasteiger partial charge in [-0.1, -0.05) is 0 Å². The lowest BCUT2D eigenvalue weighted by Gasteiger charge is -2.07. The summed E-state index contributed by atoms with van der Waals surface area (Å²) in [6.07, 6.45) is -3.47. The summed E-state index contributed by atoms with van der Waals surface area (Å²) in [7, 11) is 1.55. The van der Waals surface area contributed by atoms with E-state index in [4.69, 9.17) is 0 Å². The van der Waals surface area contributed by atoms with Gasteiger partial charge in [-0.05, 0) is 11.3 Å². The molecule has 18 heavy (non-hydrogen) atoms. The van der Waals surface area contributed by atoms with Crippen molar-refractivity contribution in [3.8, 4) is 0 Å². The van der Waals surface area contributed by atoms with Crippen LogP contribution >= 0.6 is 0 Å². The molecule has 0 saturated heterocycles. The number of nitrogens with zero attached hydrogens (tertiary/aromatic N) is 5. The van der Waals surface area contributed by atoms with E-state index in [1.54, 1.807) is 7.05 Å². The first-order valence-electron chi connectivity index (χ1n) is 4.87. The third kappa shape index (κ3) is 2.55. The second-order valence-corrected chi connectivity index (χ2v) is 3.57. The summed E-state index contributed by atoms with van der Waals surface area (Å²) in [6, 6.07) is 1.37. The molecule has 0 saturated carbocycles. The van der Waals surface area contributed by atoms with E-state index in [0.29, 0.717) is 6.07 Å². The Hall–Kier alpha value is -2.19. The minimum atomic E-state index is -4.52. The van der Waals surface area contributed by atoms with E-state index in [9.17, 15) is 18.0 Å². The Bertz CT molecular complexity index is 615. The maximum absolute atomic E-state index is 12.3.